The minimum absolute atomic E-state index is 1.38. The first kappa shape index (κ1) is 42.3. The summed E-state index contributed by atoms with van der Waals surface area (Å²) < 4.78 is 3.42. The Kier molecular flexibility index (Phi) is 11.6. The van der Waals surface area contributed by atoms with E-state index in [1.165, 1.54) is 53.0 Å². The van der Waals surface area contributed by atoms with Crippen LogP contribution in [0.25, 0.3) is 0 Å². The summed E-state index contributed by atoms with van der Waals surface area (Å²) in [5.74, 6) is 0. The Balaban J connectivity index is 1.57. The second-order valence-corrected chi connectivity index (χ2v) is 32.0. The number of rotatable bonds is 12. The highest BCUT2D eigenvalue weighted by atomic mass is 31.3. The van der Waals surface area contributed by atoms with E-state index in [0.717, 1.165) is 0 Å². The maximum absolute atomic E-state index is 2.90. The Labute approximate surface area is 392 Å². The highest BCUT2D eigenvalue weighted by Gasteiger charge is 2.74. The van der Waals surface area contributed by atoms with E-state index in [1.54, 1.807) is 9.55 Å². The Bertz CT molecular complexity index is 2780. The van der Waals surface area contributed by atoms with Crippen molar-refractivity contribution in [2.45, 2.75) is 0 Å². The summed E-state index contributed by atoms with van der Waals surface area (Å²) >= 11 is 0. The third-order valence-corrected chi connectivity index (χ3v) is 38.4. The SMILES string of the molecule is c1ccc(P2(c3ccccc3)=C([P+](c3ccccc3)(c3ccccc3)c3ccccc3)P(c3ccccc3)(c3ccccc3)=C2[P+](c2ccccc2)(c2ccccc2)c2ccccc2)cc1. The fourth-order valence-electron chi connectivity index (χ4n) is 10.8. The molecule has 10 aromatic rings. The van der Waals surface area contributed by atoms with Crippen LogP contribution in [-0.2, 0) is 0 Å². The normalized spacial score (nSPS) is 14.2. The summed E-state index contributed by atoms with van der Waals surface area (Å²) in [5, 5.41) is 13.9. The van der Waals surface area contributed by atoms with Gasteiger partial charge in [-0.1, -0.05) is 231 Å². The first-order valence-electron chi connectivity index (χ1n) is 22.7. The third-order valence-electron chi connectivity index (χ3n) is 13.2. The van der Waals surface area contributed by atoms with Crippen molar-refractivity contribution in [2.75, 3.05) is 0 Å². The summed E-state index contributed by atoms with van der Waals surface area (Å²) in [6.45, 7) is -5.80. The van der Waals surface area contributed by atoms with Gasteiger partial charge in [0.25, 0.3) is 0 Å². The van der Waals surface area contributed by atoms with Crippen molar-refractivity contribution in [3.8, 4) is 0 Å². The van der Waals surface area contributed by atoms with Crippen LogP contribution in [0.2, 0.25) is 0 Å². The fourth-order valence-corrected chi connectivity index (χ4v) is 46.6. The summed E-state index contributed by atoms with van der Waals surface area (Å²) in [4.78, 5) is 0. The van der Waals surface area contributed by atoms with Crippen molar-refractivity contribution < 1.29 is 0 Å². The zero-order valence-electron chi connectivity index (χ0n) is 36.7. The molecule has 0 unspecified atom stereocenters. The Morgan fingerprint density at radius 2 is 0.303 bits per heavy atom. The molecule has 0 bridgehead atoms. The first-order valence-corrected chi connectivity index (χ1v) is 29.8. The molecule has 0 atom stereocenters. The van der Waals surface area contributed by atoms with Crippen LogP contribution in [0.4, 0.5) is 0 Å². The van der Waals surface area contributed by atoms with E-state index in [2.05, 4.69) is 303 Å². The maximum atomic E-state index is 2.50. The molecule has 0 radical (unpaired) electrons. The predicted octanol–water partition coefficient (Wildman–Crippen LogP) is 11.5. The second-order valence-electron chi connectivity index (χ2n) is 16.6. The molecule has 0 aromatic heterocycles. The van der Waals surface area contributed by atoms with Gasteiger partial charge in [-0.3, -0.25) is 0 Å². The molecular weight excluding hydrogens is 869 g/mol. The van der Waals surface area contributed by atoms with Crippen molar-refractivity contribution in [2.24, 2.45) is 0 Å². The molecule has 66 heavy (non-hydrogen) atoms. The second kappa shape index (κ2) is 18.1. The highest BCUT2D eigenvalue weighted by molar-refractivity contribution is 8.57. The van der Waals surface area contributed by atoms with Crippen LogP contribution in [0.15, 0.2) is 303 Å². The van der Waals surface area contributed by atoms with Gasteiger partial charge in [-0.2, -0.15) is 0 Å². The molecule has 0 N–H and O–H groups in total. The van der Waals surface area contributed by atoms with Gasteiger partial charge in [0.2, 0.25) is 0 Å². The van der Waals surface area contributed by atoms with Crippen LogP contribution in [-0.4, -0.2) is 9.55 Å². The lowest BCUT2D eigenvalue weighted by atomic mass is 10.4. The van der Waals surface area contributed by atoms with Crippen molar-refractivity contribution in [3.05, 3.63) is 303 Å². The molecule has 1 aliphatic heterocycles. The zero-order chi connectivity index (χ0) is 44.3. The average molecular weight is 919 g/mol. The number of hydrogen-bond donors (Lipinski definition) is 0. The van der Waals surface area contributed by atoms with Gasteiger partial charge < -0.3 is 0 Å². The highest BCUT2D eigenvalue weighted by Crippen LogP contribution is 2.91. The van der Waals surface area contributed by atoms with E-state index >= 15 is 0 Å². The molecule has 0 fully saturated rings. The Morgan fingerprint density at radius 1 is 0.167 bits per heavy atom. The third kappa shape index (κ3) is 6.43. The standard InChI is InChI=1S/C62H50P4/c1-11-31-51(32-12-1)63(52-33-13-2-14-34-52,53-35-15-3-16-36-53)61-65(57-43-23-7-24-44-57,58-45-25-8-26-46-58)62(66(61,59-47-27-9-28-48-59)60-49-29-10-30-50-60)64(54-37-17-4-18-38-54,55-39-19-5-20-40-55)56-41-21-6-22-42-56/h1-50H/q+2. The number of hydrogen-bond acceptors (Lipinski definition) is 0. The summed E-state index contributed by atoms with van der Waals surface area (Å²) in [7, 11) is -5.66. The molecule has 1 aliphatic rings. The fraction of sp³-hybridized carbons (Fsp3) is 0. The van der Waals surface area contributed by atoms with E-state index in [1.807, 2.05) is 0 Å². The summed E-state index contributed by atoms with van der Waals surface area (Å²) in [5.41, 5.74) is 0. The van der Waals surface area contributed by atoms with E-state index in [9.17, 15) is 0 Å². The van der Waals surface area contributed by atoms with Crippen LogP contribution in [0.5, 0.6) is 0 Å². The van der Waals surface area contributed by atoms with Gasteiger partial charge in [-0.25, -0.2) is 0 Å². The summed E-state index contributed by atoms with van der Waals surface area (Å²) in [6.07, 6.45) is 0. The lowest BCUT2D eigenvalue weighted by molar-refractivity contribution is 1.73. The lowest BCUT2D eigenvalue weighted by Gasteiger charge is -2.55. The van der Waals surface area contributed by atoms with Crippen LogP contribution >= 0.6 is 28.3 Å². The molecule has 11 rings (SSSR count). The van der Waals surface area contributed by atoms with Gasteiger partial charge >= 0.3 is 0 Å². The molecule has 0 nitrogen and oxygen atoms in total. The topological polar surface area (TPSA) is 0 Å². The van der Waals surface area contributed by atoms with Crippen molar-refractivity contribution in [3.63, 3.8) is 0 Å². The predicted molar refractivity (Wildman–Crippen MR) is 298 cm³/mol. The van der Waals surface area contributed by atoms with Gasteiger partial charge in [0.1, 0.15) is 55.9 Å². The average Bonchev–Trinajstić information content (AvgIpc) is 3.42. The molecule has 316 valence electrons. The van der Waals surface area contributed by atoms with Gasteiger partial charge in [-0.05, 0) is 94.0 Å². The maximum Gasteiger partial charge on any atom is 0.146 e. The first-order chi connectivity index (χ1) is 32.8. The molecule has 1 heterocycles. The van der Waals surface area contributed by atoms with Gasteiger partial charge in [-0.15, -0.1) is 0 Å². The molecule has 0 saturated heterocycles. The van der Waals surface area contributed by atoms with Gasteiger partial charge in [0.15, 0.2) is 0 Å². The minimum Gasteiger partial charge on any atom is -0.0622 e. The van der Waals surface area contributed by atoms with E-state index in [0.29, 0.717) is 0 Å². The van der Waals surface area contributed by atoms with Crippen LogP contribution in [0.3, 0.4) is 0 Å². The molecule has 0 spiro atoms. The van der Waals surface area contributed by atoms with Crippen LogP contribution in [0.1, 0.15) is 0 Å². The van der Waals surface area contributed by atoms with Crippen molar-refractivity contribution in [1.29, 1.82) is 0 Å². The van der Waals surface area contributed by atoms with E-state index in [4.69, 9.17) is 0 Å². The van der Waals surface area contributed by atoms with E-state index < -0.39 is 28.3 Å². The van der Waals surface area contributed by atoms with Gasteiger partial charge in [0, 0.05) is 0 Å². The Hall–Kier alpha value is -6.34. The quantitative estimate of drug-likeness (QED) is 0.107. The largest absolute Gasteiger partial charge is 0.146 e. The molecule has 0 amide bonds. The minimum atomic E-state index is -2.90. The summed E-state index contributed by atoms with van der Waals surface area (Å²) in [6, 6.07) is 117. The van der Waals surface area contributed by atoms with Crippen molar-refractivity contribution in [1.82, 2.24) is 0 Å². The van der Waals surface area contributed by atoms with Gasteiger partial charge in [0.05, 0.1) is 13.8 Å². The van der Waals surface area contributed by atoms with Crippen LogP contribution < -0.4 is 53.0 Å². The zero-order valence-corrected chi connectivity index (χ0v) is 40.2. The molecule has 10 aromatic carbocycles. The Morgan fingerprint density at radius 3 is 0.455 bits per heavy atom. The molecule has 0 aliphatic carbocycles. The lowest BCUT2D eigenvalue weighted by Crippen LogP contribution is -2.53. The van der Waals surface area contributed by atoms with E-state index in [-0.39, 0.29) is 0 Å². The van der Waals surface area contributed by atoms with Crippen LogP contribution in [0, 0.1) is 0 Å². The monoisotopic (exact) mass is 918 g/mol. The molecule has 0 saturated carbocycles. The van der Waals surface area contributed by atoms with Crippen molar-refractivity contribution >= 4 is 90.9 Å². The number of benzene rings is 10. The molecular formula is C62H50P4+2. The molecule has 4 heteroatoms. The smallest absolute Gasteiger partial charge is 0.0622 e.